The Labute approximate surface area is 169 Å². The van der Waals surface area contributed by atoms with Crippen LogP contribution in [0.5, 0.6) is 0 Å². The van der Waals surface area contributed by atoms with Gasteiger partial charge in [0, 0.05) is 0 Å². The summed E-state index contributed by atoms with van der Waals surface area (Å²) in [5, 5.41) is 0. The van der Waals surface area contributed by atoms with Crippen molar-refractivity contribution >= 4 is 0 Å². The first-order valence-corrected chi connectivity index (χ1v) is 10.4. The van der Waals surface area contributed by atoms with Gasteiger partial charge in [-0.2, -0.15) is 13.2 Å². The zero-order valence-electron chi connectivity index (χ0n) is 16.7. The van der Waals surface area contributed by atoms with E-state index in [1.54, 1.807) is 0 Å². The molecule has 0 amide bonds. The van der Waals surface area contributed by atoms with Crippen LogP contribution in [0.15, 0.2) is 36.4 Å². The Bertz CT molecular complexity index is 776. The summed E-state index contributed by atoms with van der Waals surface area (Å²) in [4.78, 5) is 0. The number of hydrogen-bond acceptors (Lipinski definition) is 0. The summed E-state index contributed by atoms with van der Waals surface area (Å²) in [6.07, 6.45) is 3.91. The fourth-order valence-electron chi connectivity index (χ4n) is 4.42. The Morgan fingerprint density at radius 3 is 1.97 bits per heavy atom. The van der Waals surface area contributed by atoms with E-state index in [1.807, 2.05) is 24.3 Å². The van der Waals surface area contributed by atoms with Crippen LogP contribution >= 0.6 is 0 Å². The van der Waals surface area contributed by atoms with Crippen molar-refractivity contribution in [2.45, 2.75) is 70.4 Å². The molecule has 0 unspecified atom stereocenters. The van der Waals surface area contributed by atoms with Gasteiger partial charge in [-0.05, 0) is 72.8 Å². The van der Waals surface area contributed by atoms with Gasteiger partial charge in [0.15, 0.2) is 0 Å². The third kappa shape index (κ3) is 5.58. The van der Waals surface area contributed by atoms with Gasteiger partial charge in [-0.1, -0.05) is 50.5 Å². The third-order valence-electron chi connectivity index (χ3n) is 6.06. The number of benzene rings is 2. The Balaban J connectivity index is 1.63. The number of alkyl halides is 3. The first-order chi connectivity index (χ1) is 13.8. The van der Waals surface area contributed by atoms with Crippen LogP contribution in [0.25, 0.3) is 0 Å². The molecule has 2 aromatic carbocycles. The van der Waals surface area contributed by atoms with E-state index in [9.17, 15) is 22.0 Å². The molecular weight excluding hydrogens is 383 g/mol. The van der Waals surface area contributed by atoms with E-state index in [4.69, 9.17) is 0 Å². The first kappa shape index (κ1) is 21.8. The fraction of sp³-hybridized carbons (Fsp3) is 0.500. The van der Waals surface area contributed by atoms with Gasteiger partial charge >= 0.3 is 6.18 Å². The highest BCUT2D eigenvalue weighted by Crippen LogP contribution is 2.38. The lowest BCUT2D eigenvalue weighted by atomic mass is 9.77. The molecule has 1 aliphatic carbocycles. The van der Waals surface area contributed by atoms with Crippen LogP contribution in [0.3, 0.4) is 0 Å². The van der Waals surface area contributed by atoms with Gasteiger partial charge < -0.3 is 0 Å². The van der Waals surface area contributed by atoms with Gasteiger partial charge in [-0.15, -0.1) is 0 Å². The van der Waals surface area contributed by atoms with Crippen LogP contribution in [-0.4, -0.2) is 0 Å². The molecule has 1 fully saturated rings. The highest BCUT2D eigenvalue weighted by Gasteiger charge is 2.37. The molecule has 0 atom stereocenters. The quantitative estimate of drug-likeness (QED) is 0.423. The minimum atomic E-state index is -5.04. The van der Waals surface area contributed by atoms with Crippen molar-refractivity contribution in [1.82, 2.24) is 0 Å². The van der Waals surface area contributed by atoms with Crippen molar-refractivity contribution < 1.29 is 22.0 Å². The minimum absolute atomic E-state index is 0.190. The van der Waals surface area contributed by atoms with Crippen molar-refractivity contribution in [3.05, 3.63) is 70.3 Å². The molecule has 5 heteroatoms. The number of halogens is 5. The summed E-state index contributed by atoms with van der Waals surface area (Å²) in [6, 6.07) is 9.46. The normalized spacial score (nSPS) is 20.1. The van der Waals surface area contributed by atoms with Crippen molar-refractivity contribution in [1.29, 1.82) is 0 Å². The Morgan fingerprint density at radius 2 is 1.45 bits per heavy atom. The van der Waals surface area contributed by atoms with Gasteiger partial charge in [0.25, 0.3) is 0 Å². The minimum Gasteiger partial charge on any atom is -0.206 e. The highest BCUT2D eigenvalue weighted by atomic mass is 19.4. The Hall–Kier alpha value is -1.91. The number of hydrogen-bond donors (Lipinski definition) is 0. The topological polar surface area (TPSA) is 0 Å². The van der Waals surface area contributed by atoms with Crippen molar-refractivity contribution in [3.8, 4) is 0 Å². The Morgan fingerprint density at radius 1 is 0.862 bits per heavy atom. The Kier molecular flexibility index (Phi) is 6.97. The molecule has 0 saturated heterocycles. The second-order valence-corrected chi connectivity index (χ2v) is 8.21. The summed E-state index contributed by atoms with van der Waals surface area (Å²) in [6.45, 7) is 2.22. The molecule has 0 nitrogen and oxygen atoms in total. The predicted molar refractivity (Wildman–Crippen MR) is 105 cm³/mol. The van der Waals surface area contributed by atoms with Crippen LogP contribution in [0, 0.1) is 17.6 Å². The van der Waals surface area contributed by atoms with E-state index >= 15 is 0 Å². The largest absolute Gasteiger partial charge is 0.422 e. The van der Waals surface area contributed by atoms with Gasteiger partial charge in [0.1, 0.15) is 17.2 Å². The lowest BCUT2D eigenvalue weighted by Crippen LogP contribution is -2.13. The SMILES string of the molecule is CCCCC1CCC(c2ccc(Cc3cc(F)c(C(F)(F)F)c(F)c3)cc2)CC1. The van der Waals surface area contributed by atoms with E-state index in [0.29, 0.717) is 5.92 Å². The number of unbranched alkanes of at least 4 members (excludes halogenated alkanes) is 1. The lowest BCUT2D eigenvalue weighted by molar-refractivity contribution is -0.142. The van der Waals surface area contributed by atoms with Gasteiger partial charge in [0.05, 0.1) is 0 Å². The molecule has 0 N–H and O–H groups in total. The van der Waals surface area contributed by atoms with Gasteiger partial charge in [-0.3, -0.25) is 0 Å². The van der Waals surface area contributed by atoms with E-state index in [0.717, 1.165) is 23.6 Å². The van der Waals surface area contributed by atoms with Crippen LogP contribution < -0.4 is 0 Å². The van der Waals surface area contributed by atoms with Crippen molar-refractivity contribution in [2.75, 3.05) is 0 Å². The van der Waals surface area contributed by atoms with Gasteiger partial charge in [0.2, 0.25) is 0 Å². The summed E-state index contributed by atoms with van der Waals surface area (Å²) in [5.74, 6) is -1.74. The molecule has 0 spiro atoms. The smallest absolute Gasteiger partial charge is 0.206 e. The van der Waals surface area contributed by atoms with Gasteiger partial charge in [-0.25, -0.2) is 8.78 Å². The summed E-state index contributed by atoms with van der Waals surface area (Å²) < 4.78 is 65.6. The maximum absolute atomic E-state index is 13.8. The number of rotatable bonds is 6. The molecule has 0 aromatic heterocycles. The van der Waals surface area contributed by atoms with Crippen LogP contribution in [0.1, 0.15) is 80.0 Å². The zero-order chi connectivity index (χ0) is 21.0. The standard InChI is InChI=1S/C24H27F5/c1-2-3-4-16-5-9-19(10-6-16)20-11-7-17(8-12-20)13-18-14-21(25)23(22(26)15-18)24(27,28)29/h7-8,11-12,14-16,19H,2-6,9-10,13H2,1H3. The van der Waals surface area contributed by atoms with E-state index < -0.39 is 23.4 Å². The molecule has 0 bridgehead atoms. The molecule has 0 radical (unpaired) electrons. The second-order valence-electron chi connectivity index (χ2n) is 8.21. The monoisotopic (exact) mass is 410 g/mol. The zero-order valence-corrected chi connectivity index (χ0v) is 16.7. The van der Waals surface area contributed by atoms with E-state index in [1.165, 1.54) is 50.5 Å². The van der Waals surface area contributed by atoms with Crippen molar-refractivity contribution in [3.63, 3.8) is 0 Å². The van der Waals surface area contributed by atoms with Crippen molar-refractivity contribution in [2.24, 2.45) is 5.92 Å². The third-order valence-corrected chi connectivity index (χ3v) is 6.06. The molecule has 0 heterocycles. The maximum atomic E-state index is 13.8. The molecule has 29 heavy (non-hydrogen) atoms. The van der Waals surface area contributed by atoms with E-state index in [-0.39, 0.29) is 12.0 Å². The summed E-state index contributed by atoms with van der Waals surface area (Å²) in [5.41, 5.74) is 0.458. The summed E-state index contributed by atoms with van der Waals surface area (Å²) >= 11 is 0. The van der Waals surface area contributed by atoms with Crippen LogP contribution in [0.4, 0.5) is 22.0 Å². The molecule has 3 rings (SSSR count). The maximum Gasteiger partial charge on any atom is 0.422 e. The lowest BCUT2D eigenvalue weighted by Gasteiger charge is -2.29. The molecule has 158 valence electrons. The van der Waals surface area contributed by atoms with E-state index in [2.05, 4.69) is 6.92 Å². The molecule has 0 aliphatic heterocycles. The average Bonchev–Trinajstić information content (AvgIpc) is 2.66. The summed E-state index contributed by atoms with van der Waals surface area (Å²) in [7, 11) is 0. The average molecular weight is 410 g/mol. The molecule has 2 aromatic rings. The van der Waals surface area contributed by atoms with Crippen LogP contribution in [-0.2, 0) is 12.6 Å². The second kappa shape index (κ2) is 9.27. The molecule has 1 aliphatic rings. The molecule has 1 saturated carbocycles. The van der Waals surface area contributed by atoms with Crippen LogP contribution in [0.2, 0.25) is 0 Å². The fourth-order valence-corrected chi connectivity index (χ4v) is 4.42. The highest BCUT2D eigenvalue weighted by molar-refractivity contribution is 5.34. The molecular formula is C24H27F5. The predicted octanol–water partition coefficient (Wildman–Crippen LogP) is 8.04. The first-order valence-electron chi connectivity index (χ1n) is 10.4.